The molecule has 4 nitrogen and oxygen atoms in total. The molecular weight excluding hydrogens is 306 g/mol. The predicted molar refractivity (Wildman–Crippen MR) is 94.9 cm³/mol. The average molecular weight is 325 g/mol. The van der Waals surface area contributed by atoms with Gasteiger partial charge in [0.25, 0.3) is 0 Å². The first-order valence-corrected chi connectivity index (χ1v) is 8.79. The topological polar surface area (TPSA) is 39.1 Å². The van der Waals surface area contributed by atoms with E-state index in [-0.39, 0.29) is 0 Å². The van der Waals surface area contributed by atoms with Crippen LogP contribution in [0.4, 0.5) is 5.82 Å². The summed E-state index contributed by atoms with van der Waals surface area (Å²) in [5, 5.41) is 10.6. The van der Waals surface area contributed by atoms with E-state index in [9.17, 15) is 0 Å². The van der Waals surface area contributed by atoms with Crippen LogP contribution in [-0.4, -0.2) is 23.4 Å². The molecule has 0 aliphatic carbocycles. The smallest absolute Gasteiger partial charge is 0.144 e. The van der Waals surface area contributed by atoms with E-state index in [4.69, 9.17) is 9.84 Å². The van der Waals surface area contributed by atoms with Crippen LogP contribution in [0.3, 0.4) is 0 Å². The lowest BCUT2D eigenvalue weighted by Gasteiger charge is -2.12. The van der Waals surface area contributed by atoms with Gasteiger partial charge in [-0.1, -0.05) is 18.2 Å². The molecule has 118 valence electrons. The lowest BCUT2D eigenvalue weighted by Crippen LogP contribution is -2.08. The maximum absolute atomic E-state index is 5.54. The summed E-state index contributed by atoms with van der Waals surface area (Å²) < 4.78 is 7.54. The second-order valence-electron chi connectivity index (χ2n) is 5.62. The summed E-state index contributed by atoms with van der Waals surface area (Å²) in [7, 11) is 1.70. The van der Waals surface area contributed by atoms with Gasteiger partial charge in [0, 0.05) is 12.1 Å². The number of para-hydroxylation sites is 2. The zero-order chi connectivity index (χ0) is 15.6. The Labute approximate surface area is 139 Å². The highest BCUT2D eigenvalue weighted by Gasteiger charge is 2.23. The van der Waals surface area contributed by atoms with Gasteiger partial charge in [0.15, 0.2) is 0 Å². The quantitative estimate of drug-likeness (QED) is 0.778. The van der Waals surface area contributed by atoms with E-state index in [1.807, 2.05) is 22.9 Å². The third-order valence-corrected chi connectivity index (χ3v) is 5.07. The van der Waals surface area contributed by atoms with Crippen LogP contribution >= 0.6 is 11.3 Å². The Morgan fingerprint density at radius 3 is 2.91 bits per heavy atom. The Hall–Kier alpha value is -2.27. The van der Waals surface area contributed by atoms with E-state index >= 15 is 0 Å². The van der Waals surface area contributed by atoms with Crippen molar-refractivity contribution in [1.82, 2.24) is 9.78 Å². The third kappa shape index (κ3) is 2.51. The monoisotopic (exact) mass is 325 g/mol. The molecule has 0 saturated heterocycles. The molecule has 2 aromatic heterocycles. The van der Waals surface area contributed by atoms with Gasteiger partial charge < -0.3 is 10.1 Å². The maximum Gasteiger partial charge on any atom is 0.144 e. The van der Waals surface area contributed by atoms with Gasteiger partial charge in [0.1, 0.15) is 22.9 Å². The van der Waals surface area contributed by atoms with Gasteiger partial charge >= 0.3 is 0 Å². The standard InChI is InChI=1S/C18H19N3OS/c1-22-15-9-3-2-8-14(15)21-18-13(7-4-5-11-19-18)17(20-21)16-10-6-12-23-16/h2-3,6,8-10,12,19H,4-5,7,11H2,1H3. The minimum absolute atomic E-state index is 0.835. The van der Waals surface area contributed by atoms with E-state index in [1.165, 1.54) is 23.3 Å². The number of benzene rings is 1. The highest BCUT2D eigenvalue weighted by Crippen LogP contribution is 2.37. The number of nitrogens with one attached hydrogen (secondary N) is 1. The highest BCUT2D eigenvalue weighted by molar-refractivity contribution is 7.13. The molecule has 0 unspecified atom stereocenters. The number of rotatable bonds is 3. The Morgan fingerprint density at radius 2 is 2.09 bits per heavy atom. The fraction of sp³-hybridized carbons (Fsp3) is 0.278. The second-order valence-corrected chi connectivity index (χ2v) is 6.57. The van der Waals surface area contributed by atoms with Crippen molar-refractivity contribution >= 4 is 17.2 Å². The van der Waals surface area contributed by atoms with Crippen molar-refractivity contribution in [1.29, 1.82) is 0 Å². The van der Waals surface area contributed by atoms with Crippen LogP contribution in [0.1, 0.15) is 18.4 Å². The second kappa shape index (κ2) is 6.08. The van der Waals surface area contributed by atoms with Crippen LogP contribution in [0.15, 0.2) is 41.8 Å². The van der Waals surface area contributed by atoms with E-state index in [0.717, 1.165) is 35.9 Å². The fourth-order valence-electron chi connectivity index (χ4n) is 3.09. The summed E-state index contributed by atoms with van der Waals surface area (Å²) in [6.45, 7) is 0.984. The summed E-state index contributed by atoms with van der Waals surface area (Å²) in [6.07, 6.45) is 3.44. The van der Waals surface area contributed by atoms with E-state index < -0.39 is 0 Å². The molecule has 1 N–H and O–H groups in total. The number of ether oxygens (including phenoxy) is 1. The molecule has 4 rings (SSSR count). The van der Waals surface area contributed by atoms with Crippen molar-refractivity contribution in [2.45, 2.75) is 19.3 Å². The number of fused-ring (bicyclic) bond motifs is 1. The number of aromatic nitrogens is 2. The van der Waals surface area contributed by atoms with Gasteiger partial charge in [-0.2, -0.15) is 5.10 Å². The van der Waals surface area contributed by atoms with Gasteiger partial charge in [-0.05, 0) is 42.8 Å². The van der Waals surface area contributed by atoms with Crippen LogP contribution in [0, 0.1) is 0 Å². The first-order chi connectivity index (χ1) is 11.4. The molecule has 0 fully saturated rings. The summed E-state index contributed by atoms with van der Waals surface area (Å²) in [6, 6.07) is 12.3. The molecule has 23 heavy (non-hydrogen) atoms. The number of hydrogen-bond donors (Lipinski definition) is 1. The third-order valence-electron chi connectivity index (χ3n) is 4.20. The predicted octanol–water partition coefficient (Wildman–Crippen LogP) is 4.36. The molecule has 0 amide bonds. The van der Waals surface area contributed by atoms with Crippen LogP contribution < -0.4 is 10.1 Å². The van der Waals surface area contributed by atoms with Gasteiger partial charge in [-0.25, -0.2) is 4.68 Å². The Bertz CT molecular complexity index is 808. The van der Waals surface area contributed by atoms with Gasteiger partial charge in [-0.15, -0.1) is 11.3 Å². The first-order valence-electron chi connectivity index (χ1n) is 7.91. The lowest BCUT2D eigenvalue weighted by atomic mass is 10.1. The van der Waals surface area contributed by atoms with Gasteiger partial charge in [-0.3, -0.25) is 0 Å². The minimum atomic E-state index is 0.835. The molecule has 1 aromatic carbocycles. The van der Waals surface area contributed by atoms with Crippen molar-refractivity contribution in [2.24, 2.45) is 0 Å². The van der Waals surface area contributed by atoms with Crippen molar-refractivity contribution in [3.05, 3.63) is 47.3 Å². The first kappa shape index (κ1) is 14.3. The van der Waals surface area contributed by atoms with E-state index in [1.54, 1.807) is 18.4 Å². The Morgan fingerprint density at radius 1 is 1.17 bits per heavy atom. The van der Waals surface area contributed by atoms with Gasteiger partial charge in [0.2, 0.25) is 0 Å². The summed E-state index contributed by atoms with van der Waals surface area (Å²) in [4.78, 5) is 1.22. The largest absolute Gasteiger partial charge is 0.494 e. The number of methoxy groups -OCH3 is 1. The molecular formula is C18H19N3OS. The van der Waals surface area contributed by atoms with Crippen molar-refractivity contribution in [2.75, 3.05) is 19.0 Å². The van der Waals surface area contributed by atoms with E-state index in [2.05, 4.69) is 28.9 Å². The van der Waals surface area contributed by atoms with Crippen LogP contribution in [-0.2, 0) is 6.42 Å². The fourth-order valence-corrected chi connectivity index (χ4v) is 3.83. The van der Waals surface area contributed by atoms with Crippen LogP contribution in [0.25, 0.3) is 16.3 Å². The summed E-state index contributed by atoms with van der Waals surface area (Å²) in [5.74, 6) is 1.94. The molecule has 0 bridgehead atoms. The average Bonchev–Trinajstić information content (AvgIpc) is 3.17. The number of nitrogens with zero attached hydrogens (tertiary/aromatic N) is 2. The minimum Gasteiger partial charge on any atom is -0.494 e. The molecule has 0 saturated carbocycles. The molecule has 0 radical (unpaired) electrons. The number of thiophene rings is 1. The molecule has 0 spiro atoms. The maximum atomic E-state index is 5.54. The number of anilines is 1. The molecule has 1 aliphatic heterocycles. The Balaban J connectivity index is 1.93. The van der Waals surface area contributed by atoms with Crippen LogP contribution in [0.2, 0.25) is 0 Å². The molecule has 0 atom stereocenters. The van der Waals surface area contributed by atoms with Crippen LogP contribution in [0.5, 0.6) is 5.75 Å². The van der Waals surface area contributed by atoms with Gasteiger partial charge in [0.05, 0.1) is 12.0 Å². The SMILES string of the molecule is COc1ccccc1-n1nc(-c2cccs2)c2c1NCCCC2. The molecule has 3 heterocycles. The summed E-state index contributed by atoms with van der Waals surface area (Å²) in [5.41, 5.74) is 3.38. The molecule has 3 aromatic rings. The highest BCUT2D eigenvalue weighted by atomic mass is 32.1. The normalized spacial score (nSPS) is 14.0. The molecule has 1 aliphatic rings. The number of hydrogen-bond acceptors (Lipinski definition) is 4. The Kier molecular flexibility index (Phi) is 3.79. The van der Waals surface area contributed by atoms with Crippen molar-refractivity contribution in [3.63, 3.8) is 0 Å². The zero-order valence-electron chi connectivity index (χ0n) is 13.1. The zero-order valence-corrected chi connectivity index (χ0v) is 13.9. The molecule has 5 heteroatoms. The summed E-state index contributed by atoms with van der Waals surface area (Å²) >= 11 is 1.74. The van der Waals surface area contributed by atoms with Crippen molar-refractivity contribution < 1.29 is 4.74 Å². The lowest BCUT2D eigenvalue weighted by molar-refractivity contribution is 0.412. The van der Waals surface area contributed by atoms with Crippen molar-refractivity contribution in [3.8, 4) is 22.0 Å². The van der Waals surface area contributed by atoms with E-state index in [0.29, 0.717) is 0 Å².